The van der Waals surface area contributed by atoms with Crippen LogP contribution in [0.3, 0.4) is 0 Å². The van der Waals surface area contributed by atoms with Crippen molar-refractivity contribution in [1.29, 1.82) is 0 Å². The molecule has 0 aromatic carbocycles. The second kappa shape index (κ2) is 4.52. The van der Waals surface area contributed by atoms with E-state index in [2.05, 4.69) is 17.0 Å². The molecule has 0 bridgehead atoms. The third kappa shape index (κ3) is 2.51. The lowest BCUT2D eigenvalue weighted by Gasteiger charge is -2.31. The molecule has 3 unspecified atom stereocenters. The monoisotopic (exact) mass is 227 g/mol. The zero-order chi connectivity index (χ0) is 10.8. The minimum atomic E-state index is 0.361. The molecular weight excluding hydrogens is 210 g/mol. The fraction of sp³-hybridized carbons (Fsp3) is 0.818. The Morgan fingerprint density at radius 2 is 2.33 bits per heavy atom. The van der Waals surface area contributed by atoms with Crippen molar-refractivity contribution in [3.05, 3.63) is 12.2 Å². The normalized spacial score (nSPS) is 31.8. The summed E-state index contributed by atoms with van der Waals surface area (Å²) < 4.78 is 1.87. The van der Waals surface area contributed by atoms with Gasteiger partial charge in [0.15, 0.2) is 0 Å². The number of rotatable bonds is 2. The molecule has 15 heavy (non-hydrogen) atoms. The van der Waals surface area contributed by atoms with Gasteiger partial charge in [-0.2, -0.15) is 5.10 Å². The van der Waals surface area contributed by atoms with E-state index in [0.717, 1.165) is 31.0 Å². The predicted molar refractivity (Wildman–Crippen MR) is 60.9 cm³/mol. The second-order valence-corrected chi connectivity index (χ2v) is 5.27. The minimum absolute atomic E-state index is 0.361. The Balaban J connectivity index is 2.01. The second-order valence-electron chi connectivity index (χ2n) is 4.65. The van der Waals surface area contributed by atoms with Crippen molar-refractivity contribution < 1.29 is 0 Å². The van der Waals surface area contributed by atoms with E-state index in [1.54, 1.807) is 6.33 Å². The van der Waals surface area contributed by atoms with Crippen LogP contribution in [0.2, 0.25) is 0 Å². The van der Waals surface area contributed by atoms with Crippen LogP contribution in [0.25, 0.3) is 0 Å². The fourth-order valence-electron chi connectivity index (χ4n) is 2.38. The summed E-state index contributed by atoms with van der Waals surface area (Å²) in [6.07, 6.45) is 6.17. The van der Waals surface area contributed by atoms with Crippen LogP contribution in [0.4, 0.5) is 0 Å². The van der Waals surface area contributed by atoms with Gasteiger partial charge in [0.05, 0.1) is 0 Å². The zero-order valence-corrected chi connectivity index (χ0v) is 10.1. The Labute approximate surface area is 95.8 Å². The number of halogens is 1. The number of hydrogen-bond acceptors (Lipinski definition) is 2. The van der Waals surface area contributed by atoms with E-state index < -0.39 is 0 Å². The van der Waals surface area contributed by atoms with E-state index >= 15 is 0 Å². The van der Waals surface area contributed by atoms with Crippen LogP contribution in [0.5, 0.6) is 0 Å². The Kier molecular flexibility index (Phi) is 3.29. The summed E-state index contributed by atoms with van der Waals surface area (Å²) in [5.41, 5.74) is 0. The molecule has 1 heterocycles. The summed E-state index contributed by atoms with van der Waals surface area (Å²) in [4.78, 5) is 4.28. The smallest absolute Gasteiger partial charge is 0.138 e. The van der Waals surface area contributed by atoms with Gasteiger partial charge in [-0.25, -0.2) is 4.98 Å². The summed E-state index contributed by atoms with van der Waals surface area (Å²) in [5.74, 6) is 2.51. The van der Waals surface area contributed by atoms with Crippen molar-refractivity contribution in [2.24, 2.45) is 18.9 Å². The maximum atomic E-state index is 6.21. The lowest BCUT2D eigenvalue weighted by molar-refractivity contribution is 0.253. The van der Waals surface area contributed by atoms with Gasteiger partial charge in [0.1, 0.15) is 12.2 Å². The first-order valence-corrected chi connectivity index (χ1v) is 6.07. The molecule has 0 saturated heterocycles. The molecule has 3 nitrogen and oxygen atoms in total. The van der Waals surface area contributed by atoms with Crippen molar-refractivity contribution in [2.75, 3.05) is 0 Å². The maximum Gasteiger partial charge on any atom is 0.138 e. The van der Waals surface area contributed by atoms with Gasteiger partial charge in [-0.15, -0.1) is 11.6 Å². The molecule has 1 aromatic rings. The molecule has 1 aliphatic rings. The van der Waals surface area contributed by atoms with Crippen LogP contribution < -0.4 is 0 Å². The topological polar surface area (TPSA) is 30.7 Å². The first kappa shape index (κ1) is 10.9. The molecule has 1 fully saturated rings. The van der Waals surface area contributed by atoms with Crippen molar-refractivity contribution in [1.82, 2.24) is 14.8 Å². The summed E-state index contributed by atoms with van der Waals surface area (Å²) in [6, 6.07) is 0. The van der Waals surface area contributed by atoms with Crippen molar-refractivity contribution >= 4 is 11.6 Å². The highest BCUT2D eigenvalue weighted by Gasteiger charge is 2.27. The molecule has 0 amide bonds. The van der Waals surface area contributed by atoms with E-state index in [4.69, 9.17) is 11.6 Å². The van der Waals surface area contributed by atoms with Gasteiger partial charge < -0.3 is 0 Å². The molecule has 1 aliphatic carbocycles. The molecule has 1 saturated carbocycles. The van der Waals surface area contributed by atoms with Crippen LogP contribution in [0.1, 0.15) is 32.0 Å². The average Bonchev–Trinajstić information content (AvgIpc) is 2.58. The third-order valence-electron chi connectivity index (χ3n) is 3.55. The minimum Gasteiger partial charge on any atom is -0.253 e. The molecule has 0 radical (unpaired) electrons. The van der Waals surface area contributed by atoms with Crippen LogP contribution in [-0.2, 0) is 13.5 Å². The third-order valence-corrected chi connectivity index (χ3v) is 3.94. The van der Waals surface area contributed by atoms with E-state index in [1.807, 2.05) is 11.7 Å². The lowest BCUT2D eigenvalue weighted by Crippen LogP contribution is -2.26. The van der Waals surface area contributed by atoms with Gasteiger partial charge >= 0.3 is 0 Å². The Morgan fingerprint density at radius 1 is 1.53 bits per heavy atom. The predicted octanol–water partition coefficient (Wildman–Crippen LogP) is 2.40. The number of aryl methyl sites for hydroxylation is 1. The van der Waals surface area contributed by atoms with Gasteiger partial charge in [0.25, 0.3) is 0 Å². The number of alkyl halides is 1. The Hall–Kier alpha value is -0.570. The summed E-state index contributed by atoms with van der Waals surface area (Å²) in [6.45, 7) is 2.32. The van der Waals surface area contributed by atoms with Crippen LogP contribution in [-0.4, -0.2) is 20.1 Å². The van der Waals surface area contributed by atoms with E-state index in [1.165, 1.54) is 6.42 Å². The van der Waals surface area contributed by atoms with Gasteiger partial charge in [0, 0.05) is 18.8 Å². The van der Waals surface area contributed by atoms with Gasteiger partial charge in [-0.1, -0.05) is 6.92 Å². The Bertz CT molecular complexity index is 323. The highest BCUT2D eigenvalue weighted by Crippen LogP contribution is 2.34. The molecule has 4 heteroatoms. The van der Waals surface area contributed by atoms with Crippen LogP contribution >= 0.6 is 11.6 Å². The highest BCUT2D eigenvalue weighted by molar-refractivity contribution is 6.20. The van der Waals surface area contributed by atoms with Crippen LogP contribution in [0, 0.1) is 11.8 Å². The zero-order valence-electron chi connectivity index (χ0n) is 9.36. The van der Waals surface area contributed by atoms with Gasteiger partial charge in [0.2, 0.25) is 0 Å². The van der Waals surface area contributed by atoms with Gasteiger partial charge in [-0.05, 0) is 31.1 Å². The largest absolute Gasteiger partial charge is 0.253 e. The van der Waals surface area contributed by atoms with E-state index in [9.17, 15) is 0 Å². The molecule has 0 aliphatic heterocycles. The van der Waals surface area contributed by atoms with Gasteiger partial charge in [-0.3, -0.25) is 4.68 Å². The Morgan fingerprint density at radius 3 is 3.00 bits per heavy atom. The number of aromatic nitrogens is 3. The highest BCUT2D eigenvalue weighted by atomic mass is 35.5. The summed E-state index contributed by atoms with van der Waals surface area (Å²) in [5, 5.41) is 4.46. The van der Waals surface area contributed by atoms with Crippen molar-refractivity contribution in [2.45, 2.75) is 38.0 Å². The number of nitrogens with zero attached hydrogens (tertiary/aromatic N) is 3. The summed E-state index contributed by atoms with van der Waals surface area (Å²) >= 11 is 6.21. The maximum absolute atomic E-state index is 6.21. The fourth-order valence-corrected chi connectivity index (χ4v) is 2.74. The molecule has 3 atom stereocenters. The molecule has 0 N–H and O–H groups in total. The van der Waals surface area contributed by atoms with Crippen molar-refractivity contribution in [3.63, 3.8) is 0 Å². The molecule has 2 rings (SSSR count). The quantitative estimate of drug-likeness (QED) is 0.727. The van der Waals surface area contributed by atoms with E-state index in [0.29, 0.717) is 11.3 Å². The molecule has 1 aromatic heterocycles. The lowest BCUT2D eigenvalue weighted by atomic mass is 9.78. The molecule has 0 spiro atoms. The van der Waals surface area contributed by atoms with Crippen molar-refractivity contribution in [3.8, 4) is 0 Å². The van der Waals surface area contributed by atoms with Crippen LogP contribution in [0.15, 0.2) is 6.33 Å². The average molecular weight is 228 g/mol. The first-order valence-electron chi connectivity index (χ1n) is 5.63. The molecule has 84 valence electrons. The summed E-state index contributed by atoms with van der Waals surface area (Å²) in [7, 11) is 1.95. The molecular formula is C11H18ClN3. The SMILES string of the molecule is CC1CCC(Cl)CC1Cc1ncnn1C. The van der Waals surface area contributed by atoms with E-state index in [-0.39, 0.29) is 0 Å². The first-order chi connectivity index (χ1) is 7.16. The standard InChI is InChI=1S/C11H18ClN3/c1-8-3-4-10(12)5-9(8)6-11-13-7-14-15(11)2/h7-10H,3-6H2,1-2H3. The number of hydrogen-bond donors (Lipinski definition) is 0.